The minimum atomic E-state index is -1.26. The Morgan fingerprint density at radius 1 is 1.33 bits per heavy atom. The van der Waals surface area contributed by atoms with Crippen LogP contribution in [0, 0.1) is 5.92 Å². The van der Waals surface area contributed by atoms with Crippen molar-refractivity contribution in [3.8, 4) is 0 Å². The zero-order valence-electron chi connectivity index (χ0n) is 9.70. The molecule has 0 fully saturated rings. The third-order valence-electron chi connectivity index (χ3n) is 1.17. The van der Waals surface area contributed by atoms with Gasteiger partial charge in [-0.3, -0.25) is 9.59 Å². The number of hydrogen-bond donors (Lipinski definition) is 2. The maximum Gasteiger partial charge on any atom is 1.00 e. The summed E-state index contributed by atoms with van der Waals surface area (Å²) in [4.78, 5) is 20.3. The molecule has 2 N–H and O–H groups in total. The van der Waals surface area contributed by atoms with Gasteiger partial charge in [-0.1, -0.05) is 13.3 Å². The number of rotatable bonds is 4. The van der Waals surface area contributed by atoms with Crippen molar-refractivity contribution in [2.45, 2.75) is 19.8 Å². The smallest absolute Gasteiger partial charge is 1.00 e. The molecule has 12 heavy (non-hydrogen) atoms. The molecule has 0 aliphatic heterocycles. The summed E-state index contributed by atoms with van der Waals surface area (Å²) in [6, 6.07) is 0. The maximum atomic E-state index is 10.2. The van der Waals surface area contributed by atoms with Gasteiger partial charge in [-0.15, -0.1) is 0 Å². The number of aliphatic carboxylic acids is 2. The summed E-state index contributed by atoms with van der Waals surface area (Å²) in [7, 11) is 0. The molecule has 0 spiro atoms. The second kappa shape index (κ2) is 10.7. The van der Waals surface area contributed by atoms with Crippen molar-refractivity contribution in [3.63, 3.8) is 0 Å². The standard InChI is InChI=1S/C6H10O4.K.Na.2H/c1-2-3-4(5(7)8)6(9)10;;;;/h4H,2-3H2,1H3,(H,7,8)(H,9,10);;;;/q;2*+1;2*-1. The van der Waals surface area contributed by atoms with Gasteiger partial charge >= 0.3 is 92.9 Å². The minimum Gasteiger partial charge on any atom is -1.00 e. The molecule has 0 aliphatic rings. The van der Waals surface area contributed by atoms with Crippen LogP contribution < -0.4 is 80.9 Å². The van der Waals surface area contributed by atoms with Crippen LogP contribution in [0.2, 0.25) is 0 Å². The first-order valence-electron chi connectivity index (χ1n) is 3.05. The molecule has 0 heterocycles. The van der Waals surface area contributed by atoms with E-state index in [1.165, 1.54) is 0 Å². The molecular formula is C6H12KNaO4. The van der Waals surface area contributed by atoms with E-state index in [0.29, 0.717) is 6.42 Å². The Bertz CT molecular complexity index is 145. The van der Waals surface area contributed by atoms with E-state index in [-0.39, 0.29) is 90.2 Å². The average Bonchev–Trinajstić information content (AvgIpc) is 1.81. The summed E-state index contributed by atoms with van der Waals surface area (Å²) in [6.07, 6.45) is 0.772. The molecule has 0 amide bonds. The van der Waals surface area contributed by atoms with Crippen LogP contribution >= 0.6 is 0 Å². The Labute approximate surface area is 139 Å². The summed E-state index contributed by atoms with van der Waals surface area (Å²) in [5.74, 6) is -3.74. The Kier molecular flexibility index (Phi) is 17.0. The van der Waals surface area contributed by atoms with Gasteiger partial charge in [0.15, 0.2) is 5.92 Å². The summed E-state index contributed by atoms with van der Waals surface area (Å²) < 4.78 is 0. The van der Waals surface area contributed by atoms with Crippen molar-refractivity contribution in [3.05, 3.63) is 0 Å². The van der Waals surface area contributed by atoms with Crippen LogP contribution in [0.5, 0.6) is 0 Å². The van der Waals surface area contributed by atoms with Gasteiger partial charge in [0.25, 0.3) is 0 Å². The molecule has 0 unspecified atom stereocenters. The SMILES string of the molecule is CCCC(C(=O)O)C(=O)O.[H-].[H-].[K+].[Na+]. The van der Waals surface area contributed by atoms with E-state index in [1.54, 1.807) is 6.92 Å². The van der Waals surface area contributed by atoms with E-state index >= 15 is 0 Å². The average molecular weight is 210 g/mol. The summed E-state index contributed by atoms with van der Waals surface area (Å²) >= 11 is 0. The van der Waals surface area contributed by atoms with E-state index in [9.17, 15) is 9.59 Å². The third-order valence-corrected chi connectivity index (χ3v) is 1.17. The molecule has 0 aromatic carbocycles. The Morgan fingerprint density at radius 2 is 1.67 bits per heavy atom. The summed E-state index contributed by atoms with van der Waals surface area (Å²) in [6.45, 7) is 1.75. The van der Waals surface area contributed by atoms with Crippen LogP contribution in [0.15, 0.2) is 0 Å². The first-order valence-corrected chi connectivity index (χ1v) is 3.05. The van der Waals surface area contributed by atoms with E-state index in [1.807, 2.05) is 0 Å². The molecule has 62 valence electrons. The van der Waals surface area contributed by atoms with Crippen LogP contribution in [-0.4, -0.2) is 22.2 Å². The molecule has 0 bridgehead atoms. The Balaban J connectivity index is -0.0000000675. The fourth-order valence-corrected chi connectivity index (χ4v) is 0.641. The first-order chi connectivity index (χ1) is 4.59. The van der Waals surface area contributed by atoms with Crippen molar-refractivity contribution in [2.75, 3.05) is 0 Å². The quantitative estimate of drug-likeness (QED) is 0.359. The predicted molar refractivity (Wildman–Crippen MR) is 35.9 cm³/mol. The number of carboxylic acids is 2. The third kappa shape index (κ3) is 8.19. The number of carbonyl (C=O) groups is 2. The minimum absolute atomic E-state index is 0. The molecule has 0 radical (unpaired) electrons. The van der Waals surface area contributed by atoms with Gasteiger partial charge in [-0.05, 0) is 6.42 Å². The van der Waals surface area contributed by atoms with E-state index in [0.717, 1.165) is 0 Å². The van der Waals surface area contributed by atoms with Crippen LogP contribution in [0.25, 0.3) is 0 Å². The predicted octanol–water partition coefficient (Wildman–Crippen LogP) is -5.20. The monoisotopic (exact) mass is 210 g/mol. The molecule has 6 heteroatoms. The molecule has 0 aromatic heterocycles. The second-order valence-electron chi connectivity index (χ2n) is 2.02. The normalized spacial score (nSPS) is 8.17. The van der Waals surface area contributed by atoms with Gasteiger partial charge < -0.3 is 13.1 Å². The van der Waals surface area contributed by atoms with Gasteiger partial charge in [0.05, 0.1) is 0 Å². The van der Waals surface area contributed by atoms with Crippen LogP contribution in [-0.2, 0) is 9.59 Å². The Hall–Kier alpha value is 1.58. The molecule has 0 aliphatic carbocycles. The van der Waals surface area contributed by atoms with Gasteiger partial charge in [0.1, 0.15) is 0 Å². The fraction of sp³-hybridized carbons (Fsp3) is 0.667. The molecular weight excluding hydrogens is 198 g/mol. The summed E-state index contributed by atoms with van der Waals surface area (Å²) in [5, 5.41) is 16.6. The van der Waals surface area contributed by atoms with Crippen molar-refractivity contribution < 1.29 is 104 Å². The molecule has 0 saturated heterocycles. The van der Waals surface area contributed by atoms with Crippen molar-refractivity contribution in [1.82, 2.24) is 0 Å². The molecule has 0 rings (SSSR count). The van der Waals surface area contributed by atoms with Gasteiger partial charge in [-0.25, -0.2) is 0 Å². The van der Waals surface area contributed by atoms with Gasteiger partial charge in [0, 0.05) is 0 Å². The van der Waals surface area contributed by atoms with Crippen LogP contribution in [0.1, 0.15) is 22.6 Å². The van der Waals surface area contributed by atoms with Crippen LogP contribution in [0.3, 0.4) is 0 Å². The molecule has 0 saturated carbocycles. The maximum absolute atomic E-state index is 10.2. The fourth-order valence-electron chi connectivity index (χ4n) is 0.641. The largest absolute Gasteiger partial charge is 1.00 e. The van der Waals surface area contributed by atoms with Crippen LogP contribution in [0.4, 0.5) is 0 Å². The molecule has 0 aromatic rings. The van der Waals surface area contributed by atoms with Crippen molar-refractivity contribution >= 4 is 11.9 Å². The zero-order chi connectivity index (χ0) is 8.15. The summed E-state index contributed by atoms with van der Waals surface area (Å²) in [5.41, 5.74) is 0. The van der Waals surface area contributed by atoms with Gasteiger partial charge in [0.2, 0.25) is 0 Å². The second-order valence-corrected chi connectivity index (χ2v) is 2.02. The molecule has 0 atom stereocenters. The van der Waals surface area contributed by atoms with E-state index in [4.69, 9.17) is 10.2 Å². The number of carboxylic acid groups (broad SMARTS) is 2. The zero-order valence-corrected chi connectivity index (χ0v) is 12.8. The number of hydrogen-bond acceptors (Lipinski definition) is 2. The van der Waals surface area contributed by atoms with E-state index in [2.05, 4.69) is 0 Å². The topological polar surface area (TPSA) is 74.6 Å². The molecule has 4 nitrogen and oxygen atoms in total. The van der Waals surface area contributed by atoms with Gasteiger partial charge in [-0.2, -0.15) is 0 Å². The Morgan fingerprint density at radius 3 is 1.75 bits per heavy atom. The van der Waals surface area contributed by atoms with E-state index < -0.39 is 17.9 Å². The van der Waals surface area contributed by atoms with Crippen molar-refractivity contribution in [2.24, 2.45) is 5.92 Å². The van der Waals surface area contributed by atoms with Crippen molar-refractivity contribution in [1.29, 1.82) is 0 Å². The first kappa shape index (κ1) is 19.2.